The van der Waals surface area contributed by atoms with Crippen LogP contribution in [-0.2, 0) is 11.2 Å². The van der Waals surface area contributed by atoms with Gasteiger partial charge in [0.1, 0.15) is 0 Å². The molecule has 7 nitrogen and oxygen atoms in total. The summed E-state index contributed by atoms with van der Waals surface area (Å²) in [6.07, 6.45) is 5.50. The van der Waals surface area contributed by atoms with Crippen molar-refractivity contribution in [3.8, 4) is 0 Å². The number of hydrogen-bond acceptors (Lipinski definition) is 4. The van der Waals surface area contributed by atoms with E-state index >= 15 is 0 Å². The number of nitrogens with zero attached hydrogens (tertiary/aromatic N) is 4. The van der Waals surface area contributed by atoms with Crippen molar-refractivity contribution in [3.63, 3.8) is 0 Å². The first-order chi connectivity index (χ1) is 11.6. The second-order valence-electron chi connectivity index (χ2n) is 5.95. The van der Waals surface area contributed by atoms with Crippen LogP contribution in [0, 0.1) is 0 Å². The second kappa shape index (κ2) is 7.25. The van der Waals surface area contributed by atoms with Crippen molar-refractivity contribution in [1.29, 1.82) is 0 Å². The Balaban J connectivity index is 1.75. The number of hydrogen-bond donors (Lipinski definition) is 1. The van der Waals surface area contributed by atoms with E-state index in [9.17, 15) is 9.59 Å². The number of aromatic nitrogens is 3. The van der Waals surface area contributed by atoms with Crippen LogP contribution in [0.2, 0.25) is 0 Å². The van der Waals surface area contributed by atoms with Crippen LogP contribution in [0.3, 0.4) is 0 Å². The monoisotopic (exact) mass is 328 g/mol. The first kappa shape index (κ1) is 16.2. The lowest BCUT2D eigenvalue weighted by molar-refractivity contribution is -0.136. The van der Waals surface area contributed by atoms with Crippen LogP contribution in [0.1, 0.15) is 41.2 Å². The predicted molar refractivity (Wildman–Crippen MR) is 86.6 cm³/mol. The van der Waals surface area contributed by atoms with Gasteiger partial charge < -0.3 is 10.0 Å². The lowest BCUT2D eigenvalue weighted by atomic mass is 9.99. The minimum atomic E-state index is -0.861. The molecule has 3 rings (SSSR count). The summed E-state index contributed by atoms with van der Waals surface area (Å²) in [5, 5.41) is 17.2. The van der Waals surface area contributed by atoms with Crippen molar-refractivity contribution in [1.82, 2.24) is 19.9 Å². The van der Waals surface area contributed by atoms with Crippen molar-refractivity contribution in [2.75, 3.05) is 13.1 Å². The van der Waals surface area contributed by atoms with Gasteiger partial charge in [0, 0.05) is 25.1 Å². The van der Waals surface area contributed by atoms with E-state index < -0.39 is 5.97 Å². The largest absolute Gasteiger partial charge is 0.481 e. The van der Waals surface area contributed by atoms with Gasteiger partial charge in [-0.25, -0.2) is 0 Å². The van der Waals surface area contributed by atoms with Gasteiger partial charge >= 0.3 is 5.97 Å². The molecule has 0 saturated carbocycles. The molecule has 0 spiro atoms. The van der Waals surface area contributed by atoms with E-state index in [-0.39, 0.29) is 18.4 Å². The zero-order valence-corrected chi connectivity index (χ0v) is 13.3. The number of benzene rings is 1. The number of carbonyl (C=O) groups is 2. The van der Waals surface area contributed by atoms with E-state index in [4.69, 9.17) is 5.11 Å². The quantitative estimate of drug-likeness (QED) is 0.904. The summed E-state index contributed by atoms with van der Waals surface area (Å²) in [5.41, 5.74) is 1.37. The highest BCUT2D eigenvalue weighted by Crippen LogP contribution is 2.23. The maximum atomic E-state index is 12.9. The maximum Gasteiger partial charge on any atom is 0.303 e. The molecule has 24 heavy (non-hydrogen) atoms. The number of likely N-dealkylation sites (tertiary alicyclic amines) is 1. The number of amides is 1. The number of rotatable bonds is 5. The van der Waals surface area contributed by atoms with Crippen molar-refractivity contribution >= 4 is 11.9 Å². The summed E-state index contributed by atoms with van der Waals surface area (Å²) >= 11 is 0. The summed E-state index contributed by atoms with van der Waals surface area (Å²) in [7, 11) is 0. The molecule has 1 unspecified atom stereocenters. The van der Waals surface area contributed by atoms with Crippen LogP contribution in [0.15, 0.2) is 36.7 Å². The van der Waals surface area contributed by atoms with Crippen LogP contribution in [0.25, 0.3) is 0 Å². The van der Waals surface area contributed by atoms with Gasteiger partial charge in [-0.2, -0.15) is 15.0 Å². The maximum absolute atomic E-state index is 12.9. The number of carboxylic acid groups (broad SMARTS) is 1. The highest BCUT2D eigenvalue weighted by atomic mass is 16.4. The molecule has 1 aromatic heterocycles. The molecule has 1 fully saturated rings. The first-order valence-electron chi connectivity index (χ1n) is 8.10. The fourth-order valence-electron chi connectivity index (χ4n) is 3.10. The van der Waals surface area contributed by atoms with Crippen molar-refractivity contribution in [2.45, 2.75) is 31.7 Å². The molecule has 1 N–H and O–H groups in total. The summed E-state index contributed by atoms with van der Waals surface area (Å²) in [6.45, 7) is 1.27. The molecule has 1 atom stereocenters. The molecular weight excluding hydrogens is 308 g/mol. The average molecular weight is 328 g/mol. The molecular formula is C17H20N4O3. The molecule has 1 aliphatic heterocycles. The number of aliphatic carboxylic acids is 1. The Bertz CT molecular complexity index is 714. The number of carboxylic acids is 1. The van der Waals surface area contributed by atoms with Gasteiger partial charge in [0.25, 0.3) is 5.91 Å². The average Bonchev–Trinajstić information content (AvgIpc) is 3.14. The van der Waals surface area contributed by atoms with E-state index in [1.165, 1.54) is 0 Å². The van der Waals surface area contributed by atoms with Crippen LogP contribution in [0.4, 0.5) is 0 Å². The molecule has 126 valence electrons. The number of carbonyl (C=O) groups excluding carboxylic acids is 1. The molecule has 1 aliphatic rings. The van der Waals surface area contributed by atoms with E-state index in [2.05, 4.69) is 10.2 Å². The molecule has 1 aromatic carbocycles. The second-order valence-corrected chi connectivity index (χ2v) is 5.95. The lowest BCUT2D eigenvalue weighted by Crippen LogP contribution is -2.41. The molecule has 0 aliphatic carbocycles. The smallest absolute Gasteiger partial charge is 0.303 e. The summed E-state index contributed by atoms with van der Waals surface area (Å²) < 4.78 is 0. The normalized spacial score (nSPS) is 17.7. The van der Waals surface area contributed by atoms with E-state index in [1.54, 1.807) is 23.3 Å². The third-order valence-electron chi connectivity index (χ3n) is 4.30. The summed E-state index contributed by atoms with van der Waals surface area (Å²) in [5.74, 6) is -0.909. The third kappa shape index (κ3) is 3.61. The van der Waals surface area contributed by atoms with Gasteiger partial charge in [0.05, 0.1) is 18.4 Å². The SMILES string of the molecule is O=C(O)CCc1ccccc1C(=O)N1CCCC(n2nccn2)C1. The number of aryl methyl sites for hydroxylation is 1. The Morgan fingerprint density at radius 1 is 1.21 bits per heavy atom. The minimum absolute atomic E-state index is 0.0180. The first-order valence-corrected chi connectivity index (χ1v) is 8.10. The summed E-state index contributed by atoms with van der Waals surface area (Å²) in [4.78, 5) is 27.2. The highest BCUT2D eigenvalue weighted by molar-refractivity contribution is 5.95. The molecule has 2 heterocycles. The van der Waals surface area contributed by atoms with E-state index in [0.717, 1.165) is 18.4 Å². The van der Waals surface area contributed by atoms with Crippen molar-refractivity contribution < 1.29 is 14.7 Å². The van der Waals surface area contributed by atoms with E-state index in [0.29, 0.717) is 25.1 Å². The fraction of sp³-hybridized carbons (Fsp3) is 0.412. The minimum Gasteiger partial charge on any atom is -0.481 e. The van der Waals surface area contributed by atoms with Crippen LogP contribution >= 0.6 is 0 Å². The topological polar surface area (TPSA) is 88.3 Å². The fourth-order valence-corrected chi connectivity index (χ4v) is 3.10. The van der Waals surface area contributed by atoms with Gasteiger partial charge in [-0.3, -0.25) is 9.59 Å². The lowest BCUT2D eigenvalue weighted by Gasteiger charge is -2.32. The number of piperidine rings is 1. The van der Waals surface area contributed by atoms with Gasteiger partial charge in [0.2, 0.25) is 0 Å². The highest BCUT2D eigenvalue weighted by Gasteiger charge is 2.27. The Morgan fingerprint density at radius 2 is 1.96 bits per heavy atom. The van der Waals surface area contributed by atoms with Gasteiger partial charge in [0.15, 0.2) is 0 Å². The molecule has 2 aromatic rings. The summed E-state index contributed by atoms with van der Waals surface area (Å²) in [6, 6.07) is 7.33. The Labute approximate surface area is 139 Å². The standard InChI is InChI=1S/C17H20N4O3/c22-16(23)8-7-13-4-1-2-6-15(13)17(24)20-11-3-5-14(12-20)21-18-9-10-19-21/h1-2,4,6,9-10,14H,3,5,7-8,11-12H2,(H,22,23). The van der Waals surface area contributed by atoms with Gasteiger partial charge in [-0.05, 0) is 30.9 Å². The molecule has 1 amide bonds. The van der Waals surface area contributed by atoms with Gasteiger partial charge in [-0.15, -0.1) is 0 Å². The third-order valence-corrected chi connectivity index (χ3v) is 4.30. The zero-order chi connectivity index (χ0) is 16.9. The zero-order valence-electron chi connectivity index (χ0n) is 13.3. The van der Waals surface area contributed by atoms with Crippen molar-refractivity contribution in [2.24, 2.45) is 0 Å². The van der Waals surface area contributed by atoms with E-state index in [1.807, 2.05) is 23.1 Å². The van der Waals surface area contributed by atoms with Crippen molar-refractivity contribution in [3.05, 3.63) is 47.8 Å². The Kier molecular flexibility index (Phi) is 4.88. The van der Waals surface area contributed by atoms with Gasteiger partial charge in [-0.1, -0.05) is 18.2 Å². The molecule has 7 heteroatoms. The molecule has 1 saturated heterocycles. The predicted octanol–water partition coefficient (Wildman–Crippen LogP) is 1.77. The Morgan fingerprint density at radius 3 is 2.71 bits per heavy atom. The molecule has 0 bridgehead atoms. The Hall–Kier alpha value is -2.70. The van der Waals surface area contributed by atoms with Crippen LogP contribution in [-0.4, -0.2) is 50.0 Å². The molecule has 0 radical (unpaired) electrons. The van der Waals surface area contributed by atoms with Crippen LogP contribution < -0.4 is 0 Å². The van der Waals surface area contributed by atoms with Crippen LogP contribution in [0.5, 0.6) is 0 Å².